The van der Waals surface area contributed by atoms with E-state index in [2.05, 4.69) is 16.5 Å². The number of hydrogen-bond donors (Lipinski definition) is 0. The zero-order valence-corrected chi connectivity index (χ0v) is 9.39. The summed E-state index contributed by atoms with van der Waals surface area (Å²) in [6.45, 7) is 4.02. The number of methoxy groups -OCH3 is 1. The maximum Gasteiger partial charge on any atom is 0.318 e. The number of nitrogens with zero attached hydrogens (tertiary/aromatic N) is 3. The second-order valence-electron chi connectivity index (χ2n) is 3.73. The van der Waals surface area contributed by atoms with E-state index in [9.17, 15) is 9.18 Å². The molecule has 1 aromatic heterocycles. The van der Waals surface area contributed by atoms with Crippen LogP contribution in [0.1, 0.15) is 6.42 Å². The largest absolute Gasteiger partial charge is 0.467 e. The molecule has 0 saturated carbocycles. The lowest BCUT2D eigenvalue weighted by atomic mass is 10.1. The fourth-order valence-corrected chi connectivity index (χ4v) is 1.73. The molecule has 1 atom stereocenters. The van der Waals surface area contributed by atoms with E-state index in [1.165, 1.54) is 12.0 Å². The van der Waals surface area contributed by atoms with Crippen molar-refractivity contribution in [2.75, 3.05) is 18.6 Å². The highest BCUT2D eigenvalue weighted by atomic mass is 19.1. The first-order valence-electron chi connectivity index (χ1n) is 5.15. The highest BCUT2D eigenvalue weighted by Gasteiger charge is 2.31. The molecule has 0 aromatic carbocycles. The van der Waals surface area contributed by atoms with Crippen molar-refractivity contribution < 1.29 is 13.9 Å². The molecule has 1 aliphatic rings. The fourth-order valence-electron chi connectivity index (χ4n) is 1.73. The molecule has 1 aliphatic heterocycles. The summed E-state index contributed by atoms with van der Waals surface area (Å²) in [7, 11) is 1.38. The third-order valence-corrected chi connectivity index (χ3v) is 2.63. The van der Waals surface area contributed by atoms with Gasteiger partial charge in [0.15, 0.2) is 11.6 Å². The van der Waals surface area contributed by atoms with Gasteiger partial charge in [-0.15, -0.1) is 6.58 Å². The molecule has 1 amide bonds. The molecule has 0 radical (unpaired) electrons. The van der Waals surface area contributed by atoms with Gasteiger partial charge < -0.3 is 4.74 Å². The minimum Gasteiger partial charge on any atom is -0.467 e. The number of halogens is 1. The predicted octanol–water partition coefficient (Wildman–Crippen LogP) is 1.16. The zero-order chi connectivity index (χ0) is 12.4. The molecule has 2 rings (SSSR count). The Morgan fingerprint density at radius 1 is 1.71 bits per heavy atom. The average Bonchev–Trinajstić information content (AvgIpc) is 2.71. The summed E-state index contributed by atoms with van der Waals surface area (Å²) in [6.07, 6.45) is 3.01. The van der Waals surface area contributed by atoms with Gasteiger partial charge in [0.2, 0.25) is 5.91 Å². The highest BCUT2D eigenvalue weighted by Crippen LogP contribution is 2.26. The van der Waals surface area contributed by atoms with Crippen LogP contribution in [0.4, 0.5) is 10.2 Å². The molecule has 1 fully saturated rings. The van der Waals surface area contributed by atoms with Gasteiger partial charge in [-0.25, -0.2) is 9.37 Å². The van der Waals surface area contributed by atoms with E-state index < -0.39 is 5.82 Å². The molecule has 1 unspecified atom stereocenters. The summed E-state index contributed by atoms with van der Waals surface area (Å²) in [5, 5.41) is 0. The number of rotatable bonds is 3. The van der Waals surface area contributed by atoms with E-state index >= 15 is 0 Å². The monoisotopic (exact) mass is 237 g/mol. The van der Waals surface area contributed by atoms with Gasteiger partial charge in [0, 0.05) is 18.9 Å². The maximum atomic E-state index is 13.6. The number of amides is 1. The first-order valence-corrected chi connectivity index (χ1v) is 5.15. The second kappa shape index (κ2) is 4.48. The predicted molar refractivity (Wildman–Crippen MR) is 59.2 cm³/mol. The molecule has 90 valence electrons. The van der Waals surface area contributed by atoms with Gasteiger partial charge in [-0.1, -0.05) is 6.08 Å². The third-order valence-electron chi connectivity index (χ3n) is 2.63. The van der Waals surface area contributed by atoms with Crippen molar-refractivity contribution in [2.24, 2.45) is 5.92 Å². The van der Waals surface area contributed by atoms with E-state index in [1.807, 2.05) is 0 Å². The van der Waals surface area contributed by atoms with Gasteiger partial charge in [-0.05, 0) is 0 Å². The lowest BCUT2D eigenvalue weighted by Gasteiger charge is -2.15. The Kier molecular flexibility index (Phi) is 3.03. The first-order chi connectivity index (χ1) is 8.15. The van der Waals surface area contributed by atoms with Gasteiger partial charge in [0.25, 0.3) is 0 Å². The van der Waals surface area contributed by atoms with Crippen LogP contribution in [0.25, 0.3) is 0 Å². The summed E-state index contributed by atoms with van der Waals surface area (Å²) in [5.41, 5.74) is 0. The van der Waals surface area contributed by atoms with Crippen LogP contribution >= 0.6 is 0 Å². The topological polar surface area (TPSA) is 55.3 Å². The molecule has 6 heteroatoms. The van der Waals surface area contributed by atoms with Crippen LogP contribution in [0.2, 0.25) is 0 Å². The van der Waals surface area contributed by atoms with Gasteiger partial charge in [0.1, 0.15) is 0 Å². The van der Waals surface area contributed by atoms with Crippen LogP contribution in [0, 0.1) is 11.7 Å². The lowest BCUT2D eigenvalue weighted by molar-refractivity contribution is -0.117. The average molecular weight is 237 g/mol. The molecule has 2 heterocycles. The number of ether oxygens (including phenoxy) is 1. The number of anilines is 1. The van der Waals surface area contributed by atoms with Crippen LogP contribution in [-0.2, 0) is 4.79 Å². The minimum atomic E-state index is -0.635. The number of carbonyl (C=O) groups is 1. The van der Waals surface area contributed by atoms with Crippen LogP contribution in [0.5, 0.6) is 6.01 Å². The summed E-state index contributed by atoms with van der Waals surface area (Å²) in [5.74, 6) is -0.813. The molecule has 5 nitrogen and oxygen atoms in total. The molecular formula is C11H12FN3O2. The third kappa shape index (κ3) is 2.11. The van der Waals surface area contributed by atoms with E-state index in [1.54, 1.807) is 6.08 Å². The van der Waals surface area contributed by atoms with Gasteiger partial charge in [-0.3, -0.25) is 9.69 Å². The van der Waals surface area contributed by atoms with Gasteiger partial charge in [0.05, 0.1) is 13.3 Å². The first kappa shape index (κ1) is 11.5. The van der Waals surface area contributed by atoms with Crippen LogP contribution in [-0.4, -0.2) is 29.5 Å². The Hall–Kier alpha value is -1.98. The quantitative estimate of drug-likeness (QED) is 0.740. The molecule has 1 aromatic rings. The van der Waals surface area contributed by atoms with E-state index in [-0.39, 0.29) is 23.7 Å². The molecule has 0 aliphatic carbocycles. The smallest absolute Gasteiger partial charge is 0.318 e. The molecular weight excluding hydrogens is 225 g/mol. The highest BCUT2D eigenvalue weighted by molar-refractivity contribution is 5.95. The number of carbonyl (C=O) groups excluding carboxylic acids is 1. The van der Waals surface area contributed by atoms with Crippen molar-refractivity contribution in [3.05, 3.63) is 24.7 Å². The van der Waals surface area contributed by atoms with E-state index in [0.717, 1.165) is 6.20 Å². The SMILES string of the molecule is C=CC1CC(=O)N(c2nc(OC)ncc2F)C1. The number of hydrogen-bond acceptors (Lipinski definition) is 4. The lowest BCUT2D eigenvalue weighted by Crippen LogP contribution is -2.26. The summed E-state index contributed by atoms with van der Waals surface area (Å²) in [6, 6.07) is 0.0382. The normalized spacial score (nSPS) is 19.5. The molecule has 0 spiro atoms. The Labute approximate surface area is 97.9 Å². The zero-order valence-electron chi connectivity index (χ0n) is 9.39. The summed E-state index contributed by atoms with van der Waals surface area (Å²) < 4.78 is 18.4. The summed E-state index contributed by atoms with van der Waals surface area (Å²) in [4.78, 5) is 20.5. The molecule has 1 saturated heterocycles. The Morgan fingerprint density at radius 3 is 3.06 bits per heavy atom. The van der Waals surface area contributed by atoms with E-state index in [0.29, 0.717) is 13.0 Å². The van der Waals surface area contributed by atoms with Crippen LogP contribution in [0.15, 0.2) is 18.9 Å². The van der Waals surface area contributed by atoms with Crippen molar-refractivity contribution in [3.8, 4) is 6.01 Å². The minimum absolute atomic E-state index is 0.0304. The van der Waals surface area contributed by atoms with Gasteiger partial charge >= 0.3 is 6.01 Å². The van der Waals surface area contributed by atoms with E-state index in [4.69, 9.17) is 4.74 Å². The van der Waals surface area contributed by atoms with Crippen molar-refractivity contribution in [2.45, 2.75) is 6.42 Å². The van der Waals surface area contributed by atoms with Crippen LogP contribution < -0.4 is 9.64 Å². The Morgan fingerprint density at radius 2 is 2.47 bits per heavy atom. The fraction of sp³-hybridized carbons (Fsp3) is 0.364. The standard InChI is InChI=1S/C11H12FN3O2/c1-3-7-4-9(16)15(6-7)10-8(12)5-13-11(14-10)17-2/h3,5,7H,1,4,6H2,2H3. The van der Waals surface area contributed by atoms with Crippen molar-refractivity contribution >= 4 is 11.7 Å². The Bertz CT molecular complexity index is 464. The van der Waals surface area contributed by atoms with Gasteiger partial charge in [-0.2, -0.15) is 4.98 Å². The summed E-state index contributed by atoms with van der Waals surface area (Å²) >= 11 is 0. The maximum absolute atomic E-state index is 13.6. The molecule has 0 N–H and O–H groups in total. The van der Waals surface area contributed by atoms with Crippen molar-refractivity contribution in [1.82, 2.24) is 9.97 Å². The second-order valence-corrected chi connectivity index (χ2v) is 3.73. The van der Waals surface area contributed by atoms with Crippen LogP contribution in [0.3, 0.4) is 0 Å². The number of aromatic nitrogens is 2. The Balaban J connectivity index is 2.33. The molecule has 17 heavy (non-hydrogen) atoms. The van der Waals surface area contributed by atoms with Crippen molar-refractivity contribution in [1.29, 1.82) is 0 Å². The van der Waals surface area contributed by atoms with Crippen molar-refractivity contribution in [3.63, 3.8) is 0 Å². The molecule has 0 bridgehead atoms.